The Labute approximate surface area is 133 Å². The van der Waals surface area contributed by atoms with Gasteiger partial charge in [0.15, 0.2) is 0 Å². The van der Waals surface area contributed by atoms with Crippen LogP contribution in [0.15, 0.2) is 64.4 Å². The van der Waals surface area contributed by atoms with Crippen LogP contribution in [0, 0.1) is 0 Å². The van der Waals surface area contributed by atoms with Crippen LogP contribution in [0.25, 0.3) is 0 Å². The molecule has 2 N–H and O–H groups in total. The standard InChI is InChI=1S/C16H17NO2S2/c18-13-6-8-15(9-7-13)21-12-16(19)17-10-11-20-14-4-2-1-3-5-14/h1-9,18H,10-12H2,(H,17,19). The van der Waals surface area contributed by atoms with Crippen LogP contribution in [0.3, 0.4) is 0 Å². The number of carbonyl (C=O) groups excluding carboxylic acids is 1. The molecule has 0 saturated carbocycles. The quantitative estimate of drug-likeness (QED) is 0.607. The summed E-state index contributed by atoms with van der Waals surface area (Å²) in [5.41, 5.74) is 0. The van der Waals surface area contributed by atoms with Crippen molar-refractivity contribution in [2.24, 2.45) is 0 Å². The first kappa shape index (κ1) is 15.8. The summed E-state index contributed by atoms with van der Waals surface area (Å²) in [6.45, 7) is 0.661. The second-order valence-electron chi connectivity index (χ2n) is 4.29. The molecule has 0 radical (unpaired) electrons. The number of rotatable bonds is 7. The summed E-state index contributed by atoms with van der Waals surface area (Å²) < 4.78 is 0. The number of amides is 1. The van der Waals surface area contributed by atoms with E-state index in [0.717, 1.165) is 10.6 Å². The number of phenolic OH excluding ortho intramolecular Hbond substituents is 1. The number of hydrogen-bond donors (Lipinski definition) is 2. The number of aromatic hydroxyl groups is 1. The smallest absolute Gasteiger partial charge is 0.230 e. The molecular formula is C16H17NO2S2. The number of thioether (sulfide) groups is 2. The molecular weight excluding hydrogens is 302 g/mol. The van der Waals surface area contributed by atoms with Crippen molar-refractivity contribution in [1.82, 2.24) is 5.32 Å². The third-order valence-corrected chi connectivity index (χ3v) is 4.67. The van der Waals surface area contributed by atoms with E-state index < -0.39 is 0 Å². The average Bonchev–Trinajstić information content (AvgIpc) is 2.52. The zero-order valence-corrected chi connectivity index (χ0v) is 13.1. The number of hydrogen-bond acceptors (Lipinski definition) is 4. The number of carbonyl (C=O) groups is 1. The van der Waals surface area contributed by atoms with Gasteiger partial charge in [-0.15, -0.1) is 23.5 Å². The predicted molar refractivity (Wildman–Crippen MR) is 89.0 cm³/mol. The molecule has 110 valence electrons. The van der Waals surface area contributed by atoms with E-state index in [-0.39, 0.29) is 11.7 Å². The molecule has 0 heterocycles. The summed E-state index contributed by atoms with van der Waals surface area (Å²) in [7, 11) is 0. The molecule has 0 aromatic heterocycles. The highest BCUT2D eigenvalue weighted by Crippen LogP contribution is 2.20. The van der Waals surface area contributed by atoms with Crippen molar-refractivity contribution in [2.45, 2.75) is 9.79 Å². The van der Waals surface area contributed by atoms with Crippen molar-refractivity contribution in [3.05, 3.63) is 54.6 Å². The van der Waals surface area contributed by atoms with Crippen LogP contribution in [0.4, 0.5) is 0 Å². The summed E-state index contributed by atoms with van der Waals surface area (Å²) in [6.07, 6.45) is 0. The fourth-order valence-electron chi connectivity index (χ4n) is 1.62. The molecule has 0 atom stereocenters. The van der Waals surface area contributed by atoms with Crippen molar-refractivity contribution in [3.8, 4) is 5.75 Å². The van der Waals surface area contributed by atoms with Gasteiger partial charge in [-0.3, -0.25) is 4.79 Å². The van der Waals surface area contributed by atoms with Gasteiger partial charge in [0.25, 0.3) is 0 Å². The lowest BCUT2D eigenvalue weighted by Crippen LogP contribution is -2.27. The first-order valence-corrected chi connectivity index (χ1v) is 8.57. The Hall–Kier alpha value is -1.59. The van der Waals surface area contributed by atoms with E-state index in [1.807, 2.05) is 18.2 Å². The zero-order chi connectivity index (χ0) is 14.9. The van der Waals surface area contributed by atoms with Gasteiger partial charge in [0, 0.05) is 22.1 Å². The van der Waals surface area contributed by atoms with Crippen LogP contribution >= 0.6 is 23.5 Å². The van der Waals surface area contributed by atoms with Gasteiger partial charge >= 0.3 is 0 Å². The van der Waals surface area contributed by atoms with Gasteiger partial charge in [-0.1, -0.05) is 18.2 Å². The molecule has 21 heavy (non-hydrogen) atoms. The lowest BCUT2D eigenvalue weighted by atomic mass is 10.3. The van der Waals surface area contributed by atoms with Crippen molar-refractivity contribution >= 4 is 29.4 Å². The maximum Gasteiger partial charge on any atom is 0.230 e. The van der Waals surface area contributed by atoms with E-state index in [0.29, 0.717) is 12.3 Å². The van der Waals surface area contributed by atoms with Crippen molar-refractivity contribution in [2.75, 3.05) is 18.1 Å². The average molecular weight is 319 g/mol. The fraction of sp³-hybridized carbons (Fsp3) is 0.188. The lowest BCUT2D eigenvalue weighted by Gasteiger charge is -2.05. The van der Waals surface area contributed by atoms with Gasteiger partial charge in [-0.05, 0) is 36.4 Å². The minimum atomic E-state index is 0.0294. The minimum Gasteiger partial charge on any atom is -0.508 e. The molecule has 0 spiro atoms. The Morgan fingerprint density at radius 2 is 1.62 bits per heavy atom. The number of benzene rings is 2. The molecule has 5 heteroatoms. The van der Waals surface area contributed by atoms with Crippen LogP contribution in [-0.2, 0) is 4.79 Å². The second-order valence-corrected chi connectivity index (χ2v) is 6.51. The van der Waals surface area contributed by atoms with Crippen LogP contribution in [0.1, 0.15) is 0 Å². The van der Waals surface area contributed by atoms with Crippen molar-refractivity contribution < 1.29 is 9.90 Å². The zero-order valence-electron chi connectivity index (χ0n) is 11.5. The topological polar surface area (TPSA) is 49.3 Å². The molecule has 2 aromatic carbocycles. The second kappa shape index (κ2) is 8.64. The van der Waals surface area contributed by atoms with Gasteiger partial charge in [0.05, 0.1) is 5.75 Å². The molecule has 3 nitrogen and oxygen atoms in total. The molecule has 0 fully saturated rings. The van der Waals surface area contributed by atoms with E-state index in [1.165, 1.54) is 16.7 Å². The Bertz CT molecular complexity index is 558. The Kier molecular flexibility index (Phi) is 6.50. The van der Waals surface area contributed by atoms with E-state index in [2.05, 4.69) is 17.4 Å². The lowest BCUT2D eigenvalue weighted by molar-refractivity contribution is -0.118. The van der Waals surface area contributed by atoms with Crippen molar-refractivity contribution in [1.29, 1.82) is 0 Å². The van der Waals surface area contributed by atoms with E-state index in [1.54, 1.807) is 36.0 Å². The molecule has 1 amide bonds. The van der Waals surface area contributed by atoms with E-state index in [9.17, 15) is 9.90 Å². The summed E-state index contributed by atoms with van der Waals surface area (Å²) in [5.74, 6) is 1.52. The monoisotopic (exact) mass is 319 g/mol. The number of phenols is 1. The van der Waals surface area contributed by atoms with Gasteiger partial charge in [0.2, 0.25) is 5.91 Å². The van der Waals surface area contributed by atoms with E-state index >= 15 is 0 Å². The highest BCUT2D eigenvalue weighted by atomic mass is 32.2. The Morgan fingerprint density at radius 1 is 0.952 bits per heavy atom. The first-order valence-electron chi connectivity index (χ1n) is 6.60. The summed E-state index contributed by atoms with van der Waals surface area (Å²) >= 11 is 3.19. The highest BCUT2D eigenvalue weighted by molar-refractivity contribution is 8.00. The van der Waals surface area contributed by atoms with Gasteiger partial charge in [-0.2, -0.15) is 0 Å². The van der Waals surface area contributed by atoms with Crippen LogP contribution < -0.4 is 5.32 Å². The molecule has 2 rings (SSSR count). The minimum absolute atomic E-state index is 0.0294. The SMILES string of the molecule is O=C(CSc1ccc(O)cc1)NCCSc1ccccc1. The van der Waals surface area contributed by atoms with Gasteiger partial charge in [0.1, 0.15) is 5.75 Å². The van der Waals surface area contributed by atoms with Gasteiger partial charge in [-0.25, -0.2) is 0 Å². The van der Waals surface area contributed by atoms with Crippen LogP contribution in [0.5, 0.6) is 5.75 Å². The molecule has 0 aliphatic rings. The van der Waals surface area contributed by atoms with Crippen LogP contribution in [-0.4, -0.2) is 29.1 Å². The molecule has 0 unspecified atom stereocenters. The predicted octanol–water partition coefficient (Wildman–Crippen LogP) is 3.39. The summed E-state index contributed by atoms with van der Waals surface area (Å²) in [5, 5.41) is 12.1. The highest BCUT2D eigenvalue weighted by Gasteiger charge is 2.02. The Morgan fingerprint density at radius 3 is 2.33 bits per heavy atom. The first-order chi connectivity index (χ1) is 10.2. The van der Waals surface area contributed by atoms with E-state index in [4.69, 9.17) is 0 Å². The van der Waals surface area contributed by atoms with Crippen molar-refractivity contribution in [3.63, 3.8) is 0 Å². The third-order valence-electron chi connectivity index (χ3n) is 2.64. The molecule has 0 saturated heterocycles. The number of nitrogens with one attached hydrogen (secondary N) is 1. The molecule has 0 aliphatic carbocycles. The maximum atomic E-state index is 11.7. The van der Waals surface area contributed by atoms with Gasteiger partial charge < -0.3 is 10.4 Å². The van der Waals surface area contributed by atoms with Crippen LogP contribution in [0.2, 0.25) is 0 Å². The molecule has 0 bridgehead atoms. The largest absolute Gasteiger partial charge is 0.508 e. The third kappa shape index (κ3) is 6.14. The maximum absolute atomic E-state index is 11.7. The summed E-state index contributed by atoms with van der Waals surface area (Å²) in [6, 6.07) is 17.0. The Balaban J connectivity index is 1.60. The molecule has 0 aliphatic heterocycles. The normalized spacial score (nSPS) is 10.3. The fourth-order valence-corrected chi connectivity index (χ4v) is 3.14. The summed E-state index contributed by atoms with van der Waals surface area (Å²) in [4.78, 5) is 13.9. The molecule has 2 aromatic rings.